The van der Waals surface area contributed by atoms with Crippen LogP contribution in [0.25, 0.3) is 0 Å². The monoisotopic (exact) mass is 474 g/mol. The van der Waals surface area contributed by atoms with Crippen molar-refractivity contribution in [2.75, 3.05) is 32.7 Å². The maximum atomic E-state index is 13.2. The molecule has 0 radical (unpaired) electrons. The van der Waals surface area contributed by atoms with Crippen molar-refractivity contribution in [1.82, 2.24) is 19.5 Å². The van der Waals surface area contributed by atoms with Crippen LogP contribution in [0, 0.1) is 5.92 Å². The summed E-state index contributed by atoms with van der Waals surface area (Å²) in [5.41, 5.74) is -1.38. The lowest BCUT2D eigenvalue weighted by Gasteiger charge is -2.35. The molecule has 12 heteroatoms. The van der Waals surface area contributed by atoms with Crippen molar-refractivity contribution in [1.29, 1.82) is 0 Å². The first-order valence-electron chi connectivity index (χ1n) is 9.87. The molecule has 2 amide bonds. The molecule has 1 aromatic heterocycles. The molecule has 0 atom stereocenters. The fourth-order valence-corrected chi connectivity index (χ4v) is 3.39. The lowest BCUT2D eigenvalue weighted by atomic mass is 10.1. The van der Waals surface area contributed by atoms with Crippen molar-refractivity contribution in [3.63, 3.8) is 0 Å². The fourth-order valence-electron chi connectivity index (χ4n) is 3.14. The van der Waals surface area contributed by atoms with Crippen molar-refractivity contribution in [3.05, 3.63) is 53.4 Å². The maximum absolute atomic E-state index is 13.2. The molecule has 2 heterocycles. The van der Waals surface area contributed by atoms with Crippen LogP contribution < -0.4 is 4.72 Å². The molecule has 0 spiro atoms. The van der Waals surface area contributed by atoms with Crippen LogP contribution >= 0.6 is 0 Å². The quantitative estimate of drug-likeness (QED) is 0.356. The Bertz CT molecular complexity index is 958. The highest BCUT2D eigenvalue weighted by molar-refractivity contribution is 7.70. The standard InChI is InChI=1S/C20H25F3N4O4S/c1-14(2)13-15(5-3-8-25-32(30)31)18(28)26-9-11-27(12-10-26)19(29)16-6-4-7-24-17(16)20(21,22)23/h3-7,13-14,32H,8-12H2,1-2H3,(H,25,30,31)/b5-3-,15-13+. The predicted molar refractivity (Wildman–Crippen MR) is 112 cm³/mol. The van der Waals surface area contributed by atoms with Gasteiger partial charge in [0.05, 0.1) is 5.56 Å². The minimum absolute atomic E-state index is 0.0380. The molecule has 1 fully saturated rings. The Labute approximate surface area is 185 Å². The number of thiol groups is 1. The van der Waals surface area contributed by atoms with E-state index in [0.29, 0.717) is 5.57 Å². The van der Waals surface area contributed by atoms with Gasteiger partial charge in [-0.3, -0.25) is 14.6 Å². The minimum atomic E-state index is -4.75. The topological polar surface area (TPSA) is 99.7 Å². The van der Waals surface area contributed by atoms with Gasteiger partial charge in [0, 0.05) is 44.5 Å². The number of nitrogens with zero attached hydrogens (tertiary/aromatic N) is 3. The van der Waals surface area contributed by atoms with E-state index in [0.717, 1.165) is 12.3 Å². The third-order valence-corrected chi connectivity index (χ3v) is 5.00. The second-order valence-electron chi connectivity index (χ2n) is 7.37. The number of rotatable bonds is 7. The molecule has 1 N–H and O–H groups in total. The predicted octanol–water partition coefficient (Wildman–Crippen LogP) is 1.64. The van der Waals surface area contributed by atoms with E-state index in [2.05, 4.69) is 9.71 Å². The molecular formula is C20H25F3N4O4S. The molecule has 1 saturated heterocycles. The molecule has 0 aliphatic carbocycles. The number of hydrogen-bond acceptors (Lipinski definition) is 5. The number of amides is 2. The number of alkyl halides is 3. The average Bonchev–Trinajstić information content (AvgIpc) is 2.74. The van der Waals surface area contributed by atoms with Crippen molar-refractivity contribution in [2.24, 2.45) is 5.92 Å². The van der Waals surface area contributed by atoms with Crippen LogP contribution in [0.15, 0.2) is 42.1 Å². The molecular weight excluding hydrogens is 449 g/mol. The van der Waals surface area contributed by atoms with Crippen LogP contribution in [-0.2, 0) is 21.9 Å². The number of carbonyl (C=O) groups excluding carboxylic acids is 2. The average molecular weight is 475 g/mol. The highest BCUT2D eigenvalue weighted by Crippen LogP contribution is 2.30. The summed E-state index contributed by atoms with van der Waals surface area (Å²) in [4.78, 5) is 31.6. The molecule has 8 nitrogen and oxygen atoms in total. The van der Waals surface area contributed by atoms with E-state index in [-0.39, 0.29) is 44.5 Å². The lowest BCUT2D eigenvalue weighted by molar-refractivity contribution is -0.141. The highest BCUT2D eigenvalue weighted by atomic mass is 32.2. The van der Waals surface area contributed by atoms with Gasteiger partial charge in [0.1, 0.15) is 0 Å². The molecule has 176 valence electrons. The molecule has 2 rings (SSSR count). The van der Waals surface area contributed by atoms with Crippen LogP contribution in [0.4, 0.5) is 13.2 Å². The van der Waals surface area contributed by atoms with Crippen molar-refractivity contribution >= 4 is 22.7 Å². The van der Waals surface area contributed by atoms with Gasteiger partial charge in [-0.25, -0.2) is 13.1 Å². The van der Waals surface area contributed by atoms with Crippen molar-refractivity contribution in [2.45, 2.75) is 20.0 Å². The van der Waals surface area contributed by atoms with Gasteiger partial charge in [-0.15, -0.1) is 0 Å². The summed E-state index contributed by atoms with van der Waals surface area (Å²) in [6.45, 7) is 4.27. The third kappa shape index (κ3) is 7.16. The first-order valence-corrected chi connectivity index (χ1v) is 11.1. The number of pyridine rings is 1. The SMILES string of the molecule is CC(C)/C=C(\C=C/CN[SH](=O)=O)C(=O)N1CCN(C(=O)c2cccnc2C(F)(F)F)CC1. The fraction of sp³-hybridized carbons (Fsp3) is 0.450. The molecule has 32 heavy (non-hydrogen) atoms. The Balaban J connectivity index is 2.07. The van der Waals surface area contributed by atoms with Gasteiger partial charge in [0.15, 0.2) is 5.69 Å². The second kappa shape index (κ2) is 11.2. The summed E-state index contributed by atoms with van der Waals surface area (Å²) in [5.74, 6) is -1.03. The number of halogens is 3. The molecule has 1 aliphatic rings. The van der Waals surface area contributed by atoms with Crippen molar-refractivity contribution in [3.8, 4) is 0 Å². The van der Waals surface area contributed by atoms with Crippen LogP contribution in [0.5, 0.6) is 0 Å². The molecule has 0 saturated carbocycles. The Morgan fingerprint density at radius 1 is 1.19 bits per heavy atom. The van der Waals surface area contributed by atoms with Gasteiger partial charge in [-0.2, -0.15) is 13.2 Å². The van der Waals surface area contributed by atoms with E-state index in [1.165, 1.54) is 28.0 Å². The summed E-state index contributed by atoms with van der Waals surface area (Å²) >= 11 is 0. The molecule has 1 aliphatic heterocycles. The summed E-state index contributed by atoms with van der Waals surface area (Å²) < 4.78 is 62.9. The molecule has 0 bridgehead atoms. The number of allylic oxidation sites excluding steroid dienone is 1. The zero-order valence-electron chi connectivity index (χ0n) is 17.6. The minimum Gasteiger partial charge on any atom is -0.335 e. The van der Waals surface area contributed by atoms with Crippen molar-refractivity contribution < 1.29 is 31.2 Å². The summed E-state index contributed by atoms with van der Waals surface area (Å²) in [6.07, 6.45) is 1.01. The van der Waals surface area contributed by atoms with E-state index >= 15 is 0 Å². The summed E-state index contributed by atoms with van der Waals surface area (Å²) in [5, 5.41) is 0. The van der Waals surface area contributed by atoms with E-state index in [9.17, 15) is 31.2 Å². The maximum Gasteiger partial charge on any atom is 0.434 e. The van der Waals surface area contributed by atoms with Crippen LogP contribution in [0.1, 0.15) is 29.9 Å². The Kier molecular flexibility index (Phi) is 8.96. The Morgan fingerprint density at radius 3 is 2.38 bits per heavy atom. The summed E-state index contributed by atoms with van der Waals surface area (Å²) in [6, 6.07) is 2.36. The Hall–Kier alpha value is -2.73. The molecule has 1 aromatic rings. The van der Waals surface area contributed by atoms with Crippen LogP contribution in [0.2, 0.25) is 0 Å². The number of nitrogens with one attached hydrogen (secondary N) is 1. The van der Waals surface area contributed by atoms with Gasteiger partial charge in [0.25, 0.3) is 11.8 Å². The zero-order chi connectivity index (χ0) is 23.9. The van der Waals surface area contributed by atoms with E-state index in [4.69, 9.17) is 0 Å². The van der Waals surface area contributed by atoms with Gasteiger partial charge < -0.3 is 9.80 Å². The number of carbonyl (C=O) groups is 2. The lowest BCUT2D eigenvalue weighted by Crippen LogP contribution is -2.51. The van der Waals surface area contributed by atoms with Crippen LogP contribution in [-0.4, -0.2) is 67.7 Å². The first kappa shape index (κ1) is 25.5. The van der Waals surface area contributed by atoms with Gasteiger partial charge in [-0.1, -0.05) is 32.1 Å². The highest BCUT2D eigenvalue weighted by Gasteiger charge is 2.38. The summed E-state index contributed by atoms with van der Waals surface area (Å²) in [7, 11) is -2.74. The third-order valence-electron chi connectivity index (χ3n) is 4.56. The van der Waals surface area contributed by atoms with Gasteiger partial charge >= 0.3 is 6.18 Å². The first-order chi connectivity index (χ1) is 15.0. The van der Waals surface area contributed by atoms with E-state index in [1.54, 1.807) is 6.08 Å². The largest absolute Gasteiger partial charge is 0.434 e. The number of piperazine rings is 1. The van der Waals surface area contributed by atoms with E-state index < -0.39 is 34.2 Å². The zero-order valence-corrected chi connectivity index (χ0v) is 18.5. The van der Waals surface area contributed by atoms with Crippen LogP contribution in [0.3, 0.4) is 0 Å². The second-order valence-corrected chi connectivity index (χ2v) is 8.20. The van der Waals surface area contributed by atoms with Gasteiger partial charge in [-0.05, 0) is 18.1 Å². The Morgan fingerprint density at radius 2 is 1.81 bits per heavy atom. The molecule has 0 unspecified atom stereocenters. The smallest absolute Gasteiger partial charge is 0.335 e. The number of hydrogen-bond donors (Lipinski definition) is 2. The normalized spacial score (nSPS) is 15.8. The van der Waals surface area contributed by atoms with Gasteiger partial charge in [0.2, 0.25) is 10.9 Å². The molecule has 0 aromatic carbocycles. The van der Waals surface area contributed by atoms with E-state index in [1.807, 2.05) is 13.8 Å². The number of aromatic nitrogens is 1.